The number of likely N-dealkylation sites (N-methyl/N-ethyl adjacent to an activating group) is 1. The van der Waals surface area contributed by atoms with Gasteiger partial charge < -0.3 is 10.6 Å². The van der Waals surface area contributed by atoms with Crippen molar-refractivity contribution in [1.82, 2.24) is 4.90 Å². The molecule has 0 bridgehead atoms. The molecule has 0 aromatic carbocycles. The predicted octanol–water partition coefficient (Wildman–Crippen LogP) is 2.01. The Hall–Kier alpha value is -0.570. The maximum absolute atomic E-state index is 12.1. The van der Waals surface area contributed by atoms with E-state index in [1.54, 1.807) is 0 Å². The molecular formula is C13H26N2O. The molecule has 3 atom stereocenters. The molecular weight excluding hydrogens is 200 g/mol. The van der Waals surface area contributed by atoms with Gasteiger partial charge in [-0.1, -0.05) is 33.6 Å². The molecule has 0 spiro atoms. The van der Waals surface area contributed by atoms with E-state index in [1.807, 2.05) is 25.8 Å². The van der Waals surface area contributed by atoms with Gasteiger partial charge in [0.2, 0.25) is 5.91 Å². The summed E-state index contributed by atoms with van der Waals surface area (Å²) in [4.78, 5) is 14.0. The van der Waals surface area contributed by atoms with Crippen LogP contribution in [-0.2, 0) is 4.79 Å². The average molecular weight is 226 g/mol. The molecule has 0 saturated heterocycles. The van der Waals surface area contributed by atoms with E-state index in [0.29, 0.717) is 6.04 Å². The zero-order valence-electron chi connectivity index (χ0n) is 11.1. The first-order valence-corrected chi connectivity index (χ1v) is 6.45. The molecule has 1 amide bonds. The molecule has 94 valence electrons. The first-order valence-electron chi connectivity index (χ1n) is 6.45. The summed E-state index contributed by atoms with van der Waals surface area (Å²) >= 11 is 0. The van der Waals surface area contributed by atoms with Gasteiger partial charge in [-0.25, -0.2) is 0 Å². The molecule has 2 unspecified atom stereocenters. The Balaban J connectivity index is 2.55. The number of amides is 1. The second-order valence-electron chi connectivity index (χ2n) is 5.64. The molecule has 2 N–H and O–H groups in total. The minimum atomic E-state index is -0.345. The fraction of sp³-hybridized carbons (Fsp3) is 0.923. The second kappa shape index (κ2) is 5.67. The lowest BCUT2D eigenvalue weighted by Crippen LogP contribution is -2.49. The van der Waals surface area contributed by atoms with Gasteiger partial charge >= 0.3 is 0 Å². The quantitative estimate of drug-likeness (QED) is 0.800. The molecule has 0 heterocycles. The van der Waals surface area contributed by atoms with E-state index in [2.05, 4.69) is 6.92 Å². The number of nitrogens with two attached hydrogens (primary N) is 1. The highest BCUT2D eigenvalue weighted by atomic mass is 16.2. The Morgan fingerprint density at radius 2 is 2.00 bits per heavy atom. The lowest BCUT2D eigenvalue weighted by molar-refractivity contribution is -0.135. The fourth-order valence-corrected chi connectivity index (χ4v) is 2.45. The molecule has 16 heavy (non-hydrogen) atoms. The number of hydrogen-bond donors (Lipinski definition) is 1. The van der Waals surface area contributed by atoms with Gasteiger partial charge in [0, 0.05) is 13.1 Å². The summed E-state index contributed by atoms with van der Waals surface area (Å²) < 4.78 is 0. The van der Waals surface area contributed by atoms with Crippen molar-refractivity contribution in [2.45, 2.75) is 58.5 Å². The SMILES string of the molecule is CC1CCCC(N(C)C(=O)[C@@H](N)C(C)C)C1. The highest BCUT2D eigenvalue weighted by molar-refractivity contribution is 5.81. The summed E-state index contributed by atoms with van der Waals surface area (Å²) in [6, 6.07) is 0.0586. The van der Waals surface area contributed by atoms with Crippen molar-refractivity contribution in [2.75, 3.05) is 7.05 Å². The van der Waals surface area contributed by atoms with Crippen LogP contribution in [0, 0.1) is 11.8 Å². The van der Waals surface area contributed by atoms with E-state index < -0.39 is 0 Å². The Morgan fingerprint density at radius 3 is 2.50 bits per heavy atom. The molecule has 3 heteroatoms. The van der Waals surface area contributed by atoms with Gasteiger partial charge in [0.1, 0.15) is 0 Å². The van der Waals surface area contributed by atoms with E-state index >= 15 is 0 Å². The maximum Gasteiger partial charge on any atom is 0.239 e. The van der Waals surface area contributed by atoms with E-state index in [-0.39, 0.29) is 17.9 Å². The molecule has 1 rings (SSSR count). The zero-order chi connectivity index (χ0) is 12.3. The molecule has 3 nitrogen and oxygen atoms in total. The van der Waals surface area contributed by atoms with Gasteiger partial charge in [-0.15, -0.1) is 0 Å². The molecule has 1 aliphatic rings. The van der Waals surface area contributed by atoms with E-state index in [9.17, 15) is 4.79 Å². The van der Waals surface area contributed by atoms with E-state index in [4.69, 9.17) is 5.73 Å². The van der Waals surface area contributed by atoms with Gasteiger partial charge in [0.25, 0.3) is 0 Å². The van der Waals surface area contributed by atoms with Crippen LogP contribution in [-0.4, -0.2) is 29.9 Å². The summed E-state index contributed by atoms with van der Waals surface area (Å²) in [6.45, 7) is 6.27. The minimum Gasteiger partial charge on any atom is -0.341 e. The molecule has 0 aromatic rings. The van der Waals surface area contributed by atoms with Gasteiger partial charge in [0.05, 0.1) is 6.04 Å². The van der Waals surface area contributed by atoms with Crippen molar-refractivity contribution < 1.29 is 4.79 Å². The van der Waals surface area contributed by atoms with Crippen molar-refractivity contribution in [2.24, 2.45) is 17.6 Å². The third kappa shape index (κ3) is 3.21. The van der Waals surface area contributed by atoms with Gasteiger partial charge in [-0.3, -0.25) is 4.79 Å². The molecule has 1 fully saturated rings. The van der Waals surface area contributed by atoms with Crippen LogP contribution < -0.4 is 5.73 Å². The molecule has 1 saturated carbocycles. The molecule has 1 aliphatic carbocycles. The standard InChI is InChI=1S/C13H26N2O/c1-9(2)12(14)13(16)15(4)11-7-5-6-10(3)8-11/h9-12H,5-8,14H2,1-4H3/t10?,11?,12-/m0/s1. The average Bonchev–Trinajstić information content (AvgIpc) is 2.26. The van der Waals surface area contributed by atoms with Crippen LogP contribution >= 0.6 is 0 Å². The lowest BCUT2D eigenvalue weighted by atomic mass is 9.86. The summed E-state index contributed by atoms with van der Waals surface area (Å²) in [7, 11) is 1.91. The fourth-order valence-electron chi connectivity index (χ4n) is 2.45. The van der Waals surface area contributed by atoms with Gasteiger partial charge in [0.15, 0.2) is 0 Å². The minimum absolute atomic E-state index is 0.106. The zero-order valence-corrected chi connectivity index (χ0v) is 11.1. The summed E-state index contributed by atoms with van der Waals surface area (Å²) in [5, 5.41) is 0. The number of nitrogens with zero attached hydrogens (tertiary/aromatic N) is 1. The highest BCUT2D eigenvalue weighted by Gasteiger charge is 2.29. The third-order valence-electron chi connectivity index (χ3n) is 3.81. The molecule has 0 aliphatic heterocycles. The Kier molecular flexibility index (Phi) is 4.78. The normalized spacial score (nSPS) is 27.9. The van der Waals surface area contributed by atoms with Gasteiger partial charge in [-0.05, 0) is 24.7 Å². The van der Waals surface area contributed by atoms with Crippen LogP contribution in [0.15, 0.2) is 0 Å². The first-order chi connectivity index (χ1) is 7.43. The van der Waals surface area contributed by atoms with E-state index in [1.165, 1.54) is 12.8 Å². The monoisotopic (exact) mass is 226 g/mol. The van der Waals surface area contributed by atoms with Crippen molar-refractivity contribution in [3.05, 3.63) is 0 Å². The van der Waals surface area contributed by atoms with Crippen LogP contribution in [0.4, 0.5) is 0 Å². The van der Waals surface area contributed by atoms with Crippen molar-refractivity contribution in [3.8, 4) is 0 Å². The topological polar surface area (TPSA) is 46.3 Å². The number of rotatable bonds is 3. The largest absolute Gasteiger partial charge is 0.341 e. The van der Waals surface area contributed by atoms with Crippen LogP contribution in [0.3, 0.4) is 0 Å². The van der Waals surface area contributed by atoms with Crippen LogP contribution in [0.5, 0.6) is 0 Å². The van der Waals surface area contributed by atoms with Crippen LogP contribution in [0.2, 0.25) is 0 Å². The Labute approximate surface area is 99.4 Å². The molecule has 0 aromatic heterocycles. The smallest absolute Gasteiger partial charge is 0.239 e. The van der Waals surface area contributed by atoms with Crippen molar-refractivity contribution in [3.63, 3.8) is 0 Å². The highest BCUT2D eigenvalue weighted by Crippen LogP contribution is 2.27. The van der Waals surface area contributed by atoms with Crippen LogP contribution in [0.25, 0.3) is 0 Å². The number of carbonyl (C=O) groups is 1. The Morgan fingerprint density at radius 1 is 1.38 bits per heavy atom. The number of hydrogen-bond acceptors (Lipinski definition) is 2. The van der Waals surface area contributed by atoms with Crippen LogP contribution in [0.1, 0.15) is 46.5 Å². The van der Waals surface area contributed by atoms with Gasteiger partial charge in [-0.2, -0.15) is 0 Å². The molecule has 0 radical (unpaired) electrons. The summed E-state index contributed by atoms with van der Waals surface area (Å²) in [5.41, 5.74) is 5.91. The summed E-state index contributed by atoms with van der Waals surface area (Å²) in [5.74, 6) is 1.06. The third-order valence-corrected chi connectivity index (χ3v) is 3.81. The Bertz CT molecular complexity index is 240. The maximum atomic E-state index is 12.1. The second-order valence-corrected chi connectivity index (χ2v) is 5.64. The van der Waals surface area contributed by atoms with Crippen molar-refractivity contribution in [1.29, 1.82) is 0 Å². The lowest BCUT2D eigenvalue weighted by Gasteiger charge is -2.36. The number of carbonyl (C=O) groups excluding carboxylic acids is 1. The summed E-state index contributed by atoms with van der Waals surface area (Å²) in [6.07, 6.45) is 4.81. The van der Waals surface area contributed by atoms with E-state index in [0.717, 1.165) is 18.8 Å². The first kappa shape index (κ1) is 13.5. The predicted molar refractivity (Wildman–Crippen MR) is 67.0 cm³/mol. The van der Waals surface area contributed by atoms with Crippen molar-refractivity contribution >= 4 is 5.91 Å².